The van der Waals surface area contributed by atoms with Crippen LogP contribution >= 0.6 is 0 Å². The SMILES string of the molecule is Cc1ccc(Nc2ccc(C(=O)N3CCCc4ccccc43)nc2)cc1. The molecule has 130 valence electrons. The molecule has 26 heavy (non-hydrogen) atoms. The molecule has 1 N–H and O–H groups in total. The number of benzene rings is 2. The van der Waals surface area contributed by atoms with E-state index in [-0.39, 0.29) is 5.91 Å². The van der Waals surface area contributed by atoms with Gasteiger partial charge in [-0.15, -0.1) is 0 Å². The maximum absolute atomic E-state index is 12.9. The number of carbonyl (C=O) groups is 1. The van der Waals surface area contributed by atoms with Crippen molar-refractivity contribution in [1.82, 2.24) is 4.98 Å². The summed E-state index contributed by atoms with van der Waals surface area (Å²) in [5, 5.41) is 3.31. The zero-order valence-corrected chi connectivity index (χ0v) is 14.8. The zero-order valence-electron chi connectivity index (χ0n) is 14.8. The third-order valence-electron chi connectivity index (χ3n) is 4.68. The van der Waals surface area contributed by atoms with Gasteiger partial charge in [0.2, 0.25) is 0 Å². The lowest BCUT2D eigenvalue weighted by atomic mass is 10.0. The van der Waals surface area contributed by atoms with Crippen LogP contribution in [0.5, 0.6) is 0 Å². The van der Waals surface area contributed by atoms with Crippen molar-refractivity contribution in [2.24, 2.45) is 0 Å². The van der Waals surface area contributed by atoms with Gasteiger partial charge >= 0.3 is 0 Å². The average molecular weight is 343 g/mol. The van der Waals surface area contributed by atoms with Crippen LogP contribution in [-0.4, -0.2) is 17.4 Å². The first kappa shape index (κ1) is 16.3. The topological polar surface area (TPSA) is 45.2 Å². The Balaban J connectivity index is 1.52. The second-order valence-electron chi connectivity index (χ2n) is 6.61. The van der Waals surface area contributed by atoms with Crippen LogP contribution in [0.25, 0.3) is 0 Å². The molecule has 1 aliphatic heterocycles. The molecule has 0 fully saturated rings. The first-order valence-electron chi connectivity index (χ1n) is 8.90. The minimum atomic E-state index is -0.0426. The quantitative estimate of drug-likeness (QED) is 0.748. The van der Waals surface area contributed by atoms with E-state index in [4.69, 9.17) is 0 Å². The Hall–Kier alpha value is -3.14. The summed E-state index contributed by atoms with van der Waals surface area (Å²) in [4.78, 5) is 19.1. The van der Waals surface area contributed by atoms with Crippen molar-refractivity contribution in [3.05, 3.63) is 83.7 Å². The summed E-state index contributed by atoms with van der Waals surface area (Å²) >= 11 is 0. The first-order valence-corrected chi connectivity index (χ1v) is 8.90. The molecular formula is C22H21N3O. The summed E-state index contributed by atoms with van der Waals surface area (Å²) in [6.07, 6.45) is 3.71. The normalized spacial score (nSPS) is 13.2. The lowest BCUT2D eigenvalue weighted by Crippen LogP contribution is -2.35. The van der Waals surface area contributed by atoms with Gasteiger partial charge in [0, 0.05) is 17.9 Å². The third-order valence-corrected chi connectivity index (χ3v) is 4.68. The van der Waals surface area contributed by atoms with E-state index in [9.17, 15) is 4.79 Å². The number of nitrogens with one attached hydrogen (secondary N) is 1. The van der Waals surface area contributed by atoms with Gasteiger partial charge in [-0.3, -0.25) is 4.79 Å². The number of aromatic nitrogens is 1. The first-order chi connectivity index (χ1) is 12.7. The number of hydrogen-bond acceptors (Lipinski definition) is 3. The van der Waals surface area contributed by atoms with Crippen LogP contribution in [0, 0.1) is 6.92 Å². The second-order valence-corrected chi connectivity index (χ2v) is 6.61. The number of amides is 1. The molecule has 0 spiro atoms. The number of anilines is 3. The van der Waals surface area contributed by atoms with E-state index in [1.165, 1.54) is 11.1 Å². The van der Waals surface area contributed by atoms with Crippen molar-refractivity contribution < 1.29 is 4.79 Å². The molecular weight excluding hydrogens is 322 g/mol. The molecule has 3 aromatic rings. The van der Waals surface area contributed by atoms with Gasteiger partial charge in [-0.1, -0.05) is 35.9 Å². The predicted molar refractivity (Wildman–Crippen MR) is 105 cm³/mol. The Bertz CT molecular complexity index is 917. The molecule has 4 nitrogen and oxygen atoms in total. The van der Waals surface area contributed by atoms with E-state index in [2.05, 4.69) is 35.4 Å². The van der Waals surface area contributed by atoms with Gasteiger partial charge in [-0.05, 0) is 55.7 Å². The van der Waals surface area contributed by atoms with E-state index < -0.39 is 0 Å². The highest BCUT2D eigenvalue weighted by Gasteiger charge is 2.23. The van der Waals surface area contributed by atoms with Gasteiger partial charge in [0.05, 0.1) is 11.9 Å². The highest BCUT2D eigenvalue weighted by Crippen LogP contribution is 2.28. The van der Waals surface area contributed by atoms with E-state index in [0.717, 1.165) is 36.4 Å². The summed E-state index contributed by atoms with van der Waals surface area (Å²) in [6.45, 7) is 2.80. The van der Waals surface area contributed by atoms with E-state index >= 15 is 0 Å². The molecule has 1 aliphatic rings. The van der Waals surface area contributed by atoms with E-state index in [1.54, 1.807) is 12.3 Å². The van der Waals surface area contributed by atoms with Crippen LogP contribution in [0.15, 0.2) is 66.9 Å². The molecule has 0 radical (unpaired) electrons. The number of hydrogen-bond donors (Lipinski definition) is 1. The highest BCUT2D eigenvalue weighted by molar-refractivity contribution is 6.05. The van der Waals surface area contributed by atoms with Gasteiger partial charge in [0.25, 0.3) is 5.91 Å². The molecule has 0 bridgehead atoms. The maximum atomic E-state index is 12.9. The zero-order chi connectivity index (χ0) is 17.9. The fourth-order valence-electron chi connectivity index (χ4n) is 3.28. The summed E-state index contributed by atoms with van der Waals surface area (Å²) in [6, 6.07) is 20.0. The minimum Gasteiger partial charge on any atom is -0.354 e. The molecule has 4 rings (SSSR count). The Labute approximate surface area is 153 Å². The Morgan fingerprint density at radius 1 is 1.00 bits per heavy atom. The monoisotopic (exact) mass is 343 g/mol. The second kappa shape index (κ2) is 7.00. The minimum absolute atomic E-state index is 0.0426. The van der Waals surface area contributed by atoms with Crippen molar-refractivity contribution >= 4 is 23.0 Å². The lowest BCUT2D eigenvalue weighted by Gasteiger charge is -2.29. The molecule has 0 saturated heterocycles. The third kappa shape index (κ3) is 3.31. The molecule has 1 aromatic heterocycles. The number of aryl methyl sites for hydroxylation is 2. The Kier molecular flexibility index (Phi) is 4.40. The van der Waals surface area contributed by atoms with Crippen molar-refractivity contribution in [2.45, 2.75) is 19.8 Å². The largest absolute Gasteiger partial charge is 0.354 e. The number of fused-ring (bicyclic) bond motifs is 1. The predicted octanol–water partition coefficient (Wildman–Crippen LogP) is 4.73. The number of para-hydroxylation sites is 1. The van der Waals surface area contributed by atoms with Gasteiger partial charge in [0.15, 0.2) is 0 Å². The van der Waals surface area contributed by atoms with Crippen LogP contribution in [0.1, 0.15) is 28.0 Å². The molecule has 0 atom stereocenters. The van der Waals surface area contributed by atoms with Gasteiger partial charge in [0.1, 0.15) is 5.69 Å². The van der Waals surface area contributed by atoms with Gasteiger partial charge < -0.3 is 10.2 Å². The van der Waals surface area contributed by atoms with E-state index in [1.807, 2.05) is 41.3 Å². The van der Waals surface area contributed by atoms with E-state index in [0.29, 0.717) is 5.69 Å². The lowest BCUT2D eigenvalue weighted by molar-refractivity contribution is 0.0980. The molecule has 0 saturated carbocycles. The molecule has 2 heterocycles. The molecule has 0 aliphatic carbocycles. The van der Waals surface area contributed by atoms with Crippen molar-refractivity contribution in [1.29, 1.82) is 0 Å². The molecule has 0 unspecified atom stereocenters. The summed E-state index contributed by atoms with van der Waals surface area (Å²) in [5.74, 6) is -0.0426. The summed E-state index contributed by atoms with van der Waals surface area (Å²) in [5.41, 5.74) is 5.79. The van der Waals surface area contributed by atoms with Gasteiger partial charge in [-0.25, -0.2) is 4.98 Å². The number of nitrogens with zero attached hydrogens (tertiary/aromatic N) is 2. The summed E-state index contributed by atoms with van der Waals surface area (Å²) < 4.78 is 0. The molecule has 4 heteroatoms. The van der Waals surface area contributed by atoms with Gasteiger partial charge in [-0.2, -0.15) is 0 Å². The van der Waals surface area contributed by atoms with Crippen molar-refractivity contribution in [3.63, 3.8) is 0 Å². The highest BCUT2D eigenvalue weighted by atomic mass is 16.2. The summed E-state index contributed by atoms with van der Waals surface area (Å²) in [7, 11) is 0. The van der Waals surface area contributed by atoms with Crippen LogP contribution in [0.2, 0.25) is 0 Å². The van der Waals surface area contributed by atoms with Crippen LogP contribution in [-0.2, 0) is 6.42 Å². The standard InChI is InChI=1S/C22H21N3O/c1-16-8-10-18(11-9-16)24-19-12-13-20(23-15-19)22(26)25-14-4-6-17-5-2-3-7-21(17)25/h2-3,5,7-13,15,24H,4,6,14H2,1H3. The van der Waals surface area contributed by atoms with Crippen molar-refractivity contribution in [3.8, 4) is 0 Å². The number of pyridine rings is 1. The molecule has 2 aromatic carbocycles. The maximum Gasteiger partial charge on any atom is 0.276 e. The van der Waals surface area contributed by atoms with Crippen LogP contribution in [0.4, 0.5) is 17.1 Å². The van der Waals surface area contributed by atoms with Crippen molar-refractivity contribution in [2.75, 3.05) is 16.8 Å². The number of rotatable bonds is 3. The smallest absolute Gasteiger partial charge is 0.276 e. The molecule has 1 amide bonds. The van der Waals surface area contributed by atoms with Crippen LogP contribution in [0.3, 0.4) is 0 Å². The Morgan fingerprint density at radius 3 is 2.54 bits per heavy atom. The Morgan fingerprint density at radius 2 is 1.77 bits per heavy atom. The fourth-order valence-corrected chi connectivity index (χ4v) is 3.28. The number of carbonyl (C=O) groups excluding carboxylic acids is 1. The average Bonchev–Trinajstić information content (AvgIpc) is 2.69. The fraction of sp³-hybridized carbons (Fsp3) is 0.182. The van der Waals surface area contributed by atoms with Crippen LogP contribution < -0.4 is 10.2 Å².